The van der Waals surface area contributed by atoms with E-state index in [1.165, 1.54) is 0 Å². The number of hydrogen-bond acceptors (Lipinski definition) is 2. The van der Waals surface area contributed by atoms with Gasteiger partial charge in [-0.2, -0.15) is 0 Å². The quantitative estimate of drug-likeness (QED) is 0.165. The Morgan fingerprint density at radius 1 is 0.357 bits per heavy atom. The molecule has 4 heterocycles. The lowest BCUT2D eigenvalue weighted by molar-refractivity contribution is 0.591. The van der Waals surface area contributed by atoms with Crippen LogP contribution < -0.4 is 9.80 Å². The third-order valence-electron chi connectivity index (χ3n) is 19.2. The third kappa shape index (κ3) is 6.43. The van der Waals surface area contributed by atoms with E-state index in [4.69, 9.17) is 2.74 Å². The lowest BCUT2D eigenvalue weighted by atomic mass is 9.82. The van der Waals surface area contributed by atoms with Gasteiger partial charge < -0.3 is 18.6 Å². The van der Waals surface area contributed by atoms with E-state index in [-0.39, 0.29) is 46.4 Å². The largest absolute Gasteiger partial charge is 0.309 e. The molecular weight excluding hydrogens is 1020 g/mol. The second-order valence-corrected chi connectivity index (χ2v) is 26.6. The number of benzene rings is 11. The summed E-state index contributed by atoms with van der Waals surface area (Å²) in [6, 6.07) is 51.9. The topological polar surface area (TPSA) is 15.3 Å². The molecule has 11 aromatic carbocycles. The summed E-state index contributed by atoms with van der Waals surface area (Å²) >= 11 is 0. The second-order valence-electron chi connectivity index (χ2n) is 26.6. The molecule has 84 heavy (non-hydrogen) atoms. The molecule has 0 aliphatic heterocycles. The monoisotopic (exact) mass is 1090 g/mol. The van der Waals surface area contributed by atoms with E-state index in [0.717, 1.165) is 132 Å². The molecule has 0 radical (unpaired) electrons. The highest BCUT2D eigenvalue weighted by Gasteiger charge is 2.40. The summed E-state index contributed by atoms with van der Waals surface area (Å²) in [6.45, 7) is 22.1. The van der Waals surface area contributed by atoms with Crippen molar-refractivity contribution in [1.29, 1.82) is 0 Å². The molecule has 0 atom stereocenters. The van der Waals surface area contributed by atoms with Crippen molar-refractivity contribution in [3.8, 4) is 22.3 Å². The van der Waals surface area contributed by atoms with E-state index < -0.39 is 47.1 Å². The van der Waals surface area contributed by atoms with Crippen LogP contribution in [0.15, 0.2) is 218 Å². The predicted octanol–water partition coefficient (Wildman–Crippen LogP) is 22.1. The Labute approximate surface area is 505 Å². The highest BCUT2D eigenvalue weighted by atomic mass is 15.2. The number of hydrogen-bond donors (Lipinski definition) is 0. The van der Waals surface area contributed by atoms with Gasteiger partial charge in [-0.15, -0.1) is 0 Å². The molecule has 2 aliphatic carbocycles. The average Bonchev–Trinajstić information content (AvgIpc) is 1.51. The Balaban J connectivity index is 1.00. The summed E-state index contributed by atoms with van der Waals surface area (Å²) in [7, 11) is 0. The molecule has 4 aromatic heterocycles. The molecule has 0 N–H and O–H groups in total. The first kappa shape index (κ1) is 39.9. The van der Waals surface area contributed by atoms with Gasteiger partial charge >= 0.3 is 0 Å². The van der Waals surface area contributed by atoms with Crippen LogP contribution in [0.2, 0.25) is 0 Å². The molecular formula is C80H66N4. The van der Waals surface area contributed by atoms with Crippen LogP contribution in [-0.2, 0) is 21.7 Å². The first-order valence-corrected chi connectivity index (χ1v) is 29.3. The Kier molecular flexibility index (Phi) is 7.93. The summed E-state index contributed by atoms with van der Waals surface area (Å²) in [5.74, 6) is 0. The number of nitrogens with zero attached hydrogens (tertiary/aromatic N) is 4. The molecule has 15 aromatic rings. The molecule has 0 fully saturated rings. The molecule has 0 unspecified atom stereocenters. The maximum Gasteiger partial charge on any atom is 0.0645 e. The fraction of sp³-hybridized carbons (Fsp3) is 0.175. The molecule has 17 rings (SSSR count). The van der Waals surface area contributed by atoms with Crippen LogP contribution in [0.25, 0.3) is 98.4 Å². The minimum absolute atomic E-state index is 0.0591. The molecule has 406 valence electrons. The van der Waals surface area contributed by atoms with Crippen LogP contribution >= 0.6 is 0 Å². The van der Waals surface area contributed by atoms with E-state index >= 15 is 0 Å². The number of para-hydroxylation sites is 2. The first-order chi connectivity index (χ1) is 44.6. The van der Waals surface area contributed by atoms with E-state index in [1.54, 1.807) is 0 Å². The van der Waals surface area contributed by atoms with Crippen molar-refractivity contribution in [2.45, 2.75) is 90.9 Å². The van der Waals surface area contributed by atoms with Crippen LogP contribution in [0.4, 0.5) is 34.1 Å². The Morgan fingerprint density at radius 2 is 0.750 bits per heavy atom. The Morgan fingerprint density at radius 3 is 1.15 bits per heavy atom. The zero-order valence-electron chi connectivity index (χ0n) is 58.8. The molecule has 4 heteroatoms. The van der Waals surface area contributed by atoms with Crippen LogP contribution in [0, 0.1) is 0 Å². The first-order valence-electron chi connectivity index (χ1n) is 34.3. The zero-order valence-corrected chi connectivity index (χ0v) is 48.8. The van der Waals surface area contributed by atoms with Gasteiger partial charge in [0.15, 0.2) is 0 Å². The summed E-state index contributed by atoms with van der Waals surface area (Å²) in [5.41, 5.74) is 17.9. The number of rotatable bonds is 6. The highest BCUT2D eigenvalue weighted by Crippen LogP contribution is 2.59. The summed E-state index contributed by atoms with van der Waals surface area (Å²) in [4.78, 5) is 3.90. The van der Waals surface area contributed by atoms with E-state index in [0.29, 0.717) is 22.7 Å². The summed E-state index contributed by atoms with van der Waals surface area (Å²) in [6.07, 6.45) is 0. The van der Waals surface area contributed by atoms with Crippen molar-refractivity contribution < 1.29 is 13.7 Å². The van der Waals surface area contributed by atoms with Crippen molar-refractivity contribution in [1.82, 2.24) is 8.80 Å². The maximum atomic E-state index is 9.78. The predicted molar refractivity (Wildman–Crippen MR) is 358 cm³/mol. The molecule has 0 spiro atoms. The van der Waals surface area contributed by atoms with Crippen molar-refractivity contribution in [3.05, 3.63) is 252 Å². The van der Waals surface area contributed by atoms with E-state index in [2.05, 4.69) is 199 Å². The maximum absolute atomic E-state index is 9.78. The lowest BCUT2D eigenvalue weighted by Gasteiger charge is -2.29. The van der Waals surface area contributed by atoms with Gasteiger partial charge in [0.1, 0.15) is 0 Å². The molecule has 4 nitrogen and oxygen atoms in total. The van der Waals surface area contributed by atoms with Gasteiger partial charge in [0.2, 0.25) is 0 Å². The third-order valence-corrected chi connectivity index (χ3v) is 19.2. The summed E-state index contributed by atoms with van der Waals surface area (Å²) < 4.78 is 98.2. The molecule has 0 amide bonds. The van der Waals surface area contributed by atoms with Gasteiger partial charge in [0.05, 0.1) is 69.6 Å². The van der Waals surface area contributed by atoms with Crippen LogP contribution in [0.3, 0.4) is 0 Å². The number of anilines is 6. The Bertz CT molecular complexity index is 5500. The molecule has 0 bridgehead atoms. The van der Waals surface area contributed by atoms with Gasteiger partial charge in [0.25, 0.3) is 0 Å². The van der Waals surface area contributed by atoms with Crippen molar-refractivity contribution in [2.75, 3.05) is 9.80 Å². The molecule has 0 saturated heterocycles. The number of fused-ring (bicyclic) bond motifs is 18. The van der Waals surface area contributed by atoms with Crippen LogP contribution in [0.5, 0.6) is 0 Å². The minimum atomic E-state index is -0.460. The average molecular weight is 1090 g/mol. The van der Waals surface area contributed by atoms with Crippen molar-refractivity contribution >= 4 is 110 Å². The van der Waals surface area contributed by atoms with Gasteiger partial charge in [-0.05, 0) is 140 Å². The van der Waals surface area contributed by atoms with E-state index in [9.17, 15) is 11.0 Å². The minimum Gasteiger partial charge on any atom is -0.309 e. The lowest BCUT2D eigenvalue weighted by Crippen LogP contribution is -2.16. The standard InChI is InChI=1S/C80H66N4/c1-77(2,3)47-35-39-63-57(43-47)73-67(81(49-23-13-11-14-24-49)65-33-21-31-61-71(65)53-27-17-19-29-59(53)79(61,7)8)41-37-51-55-46-70-56(45-69(55)83(63)75(51)73)52-38-42-68(74-58-44-48(78(4,5)6)36-40-64(58)84(70)76(52)74)82(50-25-15-12-16-26-50)66-34-22-32-62-72(66)54-28-18-20-30-60(54)80(62,9)10/h11-46H,1-10H3/i11D,12D,13D,14D,15D,16D,23D,24D,25D,26D. The van der Waals surface area contributed by atoms with Gasteiger partial charge in [-0.1, -0.05) is 203 Å². The number of aromatic nitrogens is 2. The highest BCUT2D eigenvalue weighted by molar-refractivity contribution is 6.32. The van der Waals surface area contributed by atoms with Crippen molar-refractivity contribution in [3.63, 3.8) is 0 Å². The smallest absolute Gasteiger partial charge is 0.0645 e. The molecule has 0 saturated carbocycles. The van der Waals surface area contributed by atoms with Crippen LogP contribution in [-0.4, -0.2) is 8.80 Å². The van der Waals surface area contributed by atoms with Gasteiger partial charge in [-0.3, -0.25) is 0 Å². The van der Waals surface area contributed by atoms with Gasteiger partial charge in [0, 0.05) is 76.4 Å². The Hall–Kier alpha value is -9.38. The fourth-order valence-corrected chi connectivity index (χ4v) is 15.2. The second kappa shape index (κ2) is 16.7. The zero-order chi connectivity index (χ0) is 65.8. The summed E-state index contributed by atoms with van der Waals surface area (Å²) in [5, 5.41) is 7.62. The van der Waals surface area contributed by atoms with Gasteiger partial charge in [-0.25, -0.2) is 0 Å². The fourth-order valence-electron chi connectivity index (χ4n) is 15.2. The van der Waals surface area contributed by atoms with E-state index in [1.807, 2.05) is 46.2 Å². The normalized spacial score (nSPS) is 16.2. The van der Waals surface area contributed by atoms with Crippen LogP contribution in [0.1, 0.15) is 116 Å². The van der Waals surface area contributed by atoms with Crippen molar-refractivity contribution in [2.24, 2.45) is 0 Å². The molecule has 2 aliphatic rings. The SMILES string of the molecule is [2H]c1c([2H])c([2H])c(N(c2cccc3c2-c2ccccc2C3(C)C)c2ccc3c4cc5c(cc4n4c6ccc(C(C)(C)C)cc6c2c34)c2ccc(N(c3cccc4c3-c3ccccc3C4(C)C)c3c([2H])c([2H])c([2H])c([2H])c3[2H])c3c4cc(C(C)(C)C)ccc4n5c23)c([2H])c1[2H].